The monoisotopic (exact) mass is 413 g/mol. The van der Waals surface area contributed by atoms with E-state index in [4.69, 9.17) is 51.0 Å². The van der Waals surface area contributed by atoms with Crippen LogP contribution in [0.3, 0.4) is 0 Å². The molecule has 13 heteroatoms. The number of hydrogen-bond acceptors (Lipinski definition) is 4. The first-order valence-electron chi connectivity index (χ1n) is 4.70. The summed E-state index contributed by atoms with van der Waals surface area (Å²) in [7, 11) is -10.1. The van der Waals surface area contributed by atoms with Crippen LogP contribution in [0.25, 0.3) is 10.9 Å². The lowest BCUT2D eigenvalue weighted by Gasteiger charge is -2.05. The molecule has 0 saturated carbocycles. The standard InChI is InChI=1S/C8H3Cl4NO6S2/c9-2-1-6(5(12)4(11)3(2)10)13-8(21(17,18)19)7(1)20(14,15)16/h13H,(H,14,15,16)(H,17,18,19). The maximum atomic E-state index is 11.4. The molecule has 0 radical (unpaired) electrons. The van der Waals surface area contributed by atoms with Crippen LogP contribution in [0.1, 0.15) is 0 Å². The fourth-order valence-electron chi connectivity index (χ4n) is 1.67. The van der Waals surface area contributed by atoms with Crippen LogP contribution in [0.5, 0.6) is 0 Å². The molecule has 0 aliphatic rings. The Hall–Kier alpha value is -0.260. The predicted molar refractivity (Wildman–Crippen MR) is 78.0 cm³/mol. The van der Waals surface area contributed by atoms with Crippen LogP contribution in [-0.2, 0) is 20.2 Å². The van der Waals surface area contributed by atoms with E-state index in [0.29, 0.717) is 0 Å². The molecule has 0 aliphatic carbocycles. The van der Waals surface area contributed by atoms with Crippen molar-refractivity contribution in [1.29, 1.82) is 0 Å². The second-order valence-electron chi connectivity index (χ2n) is 3.74. The zero-order chi connectivity index (χ0) is 16.3. The van der Waals surface area contributed by atoms with E-state index in [2.05, 4.69) is 4.98 Å². The Kier molecular flexibility index (Phi) is 4.18. The van der Waals surface area contributed by atoms with Gasteiger partial charge in [0, 0.05) is 5.39 Å². The first-order chi connectivity index (χ1) is 9.37. The van der Waals surface area contributed by atoms with Gasteiger partial charge in [-0.05, 0) is 0 Å². The number of aromatic nitrogens is 1. The maximum absolute atomic E-state index is 11.4. The van der Waals surface area contributed by atoms with Crippen LogP contribution < -0.4 is 0 Å². The molecule has 0 amide bonds. The third-order valence-corrected chi connectivity index (χ3v) is 6.13. The Balaban J connectivity index is 3.26. The van der Waals surface area contributed by atoms with Crippen molar-refractivity contribution in [3.63, 3.8) is 0 Å². The fraction of sp³-hybridized carbons (Fsp3) is 0. The van der Waals surface area contributed by atoms with Crippen molar-refractivity contribution < 1.29 is 25.9 Å². The number of nitrogens with one attached hydrogen (secondary N) is 1. The lowest BCUT2D eigenvalue weighted by molar-refractivity contribution is 0.465. The summed E-state index contributed by atoms with van der Waals surface area (Å²) < 4.78 is 63.6. The SMILES string of the molecule is O=S(=O)(O)c1[nH]c2c(Cl)c(Cl)c(Cl)c(Cl)c2c1S(=O)(=O)O. The molecule has 21 heavy (non-hydrogen) atoms. The average Bonchev–Trinajstić information content (AvgIpc) is 2.73. The highest BCUT2D eigenvalue weighted by atomic mass is 35.5. The quantitative estimate of drug-likeness (QED) is 0.393. The summed E-state index contributed by atoms with van der Waals surface area (Å²) >= 11 is 23.2. The minimum absolute atomic E-state index is 0.263. The van der Waals surface area contributed by atoms with Crippen molar-refractivity contribution in [3.8, 4) is 0 Å². The van der Waals surface area contributed by atoms with Gasteiger partial charge in [-0.25, -0.2) is 0 Å². The lowest BCUT2D eigenvalue weighted by atomic mass is 10.2. The van der Waals surface area contributed by atoms with Crippen molar-refractivity contribution in [2.75, 3.05) is 0 Å². The Morgan fingerprint density at radius 1 is 0.762 bits per heavy atom. The third-order valence-electron chi connectivity index (χ3n) is 2.45. The van der Waals surface area contributed by atoms with E-state index in [1.54, 1.807) is 0 Å². The molecule has 3 N–H and O–H groups in total. The summed E-state index contributed by atoms with van der Waals surface area (Å²) in [5.74, 6) is 0. The number of rotatable bonds is 2. The molecule has 0 fully saturated rings. The fourth-order valence-corrected chi connectivity index (χ4v) is 4.67. The van der Waals surface area contributed by atoms with E-state index in [1.165, 1.54) is 0 Å². The molecule has 0 aliphatic heterocycles. The van der Waals surface area contributed by atoms with Gasteiger partial charge in [0.05, 0.1) is 25.6 Å². The van der Waals surface area contributed by atoms with Gasteiger partial charge in [0.25, 0.3) is 10.1 Å². The molecule has 2 aromatic rings. The molecular weight excluding hydrogens is 412 g/mol. The Morgan fingerprint density at radius 2 is 1.24 bits per heavy atom. The summed E-state index contributed by atoms with van der Waals surface area (Å²) in [4.78, 5) is 0.876. The molecule has 116 valence electrons. The van der Waals surface area contributed by atoms with Gasteiger partial charge in [-0.2, -0.15) is 16.8 Å². The summed E-state index contributed by atoms with van der Waals surface area (Å²) in [5.41, 5.74) is -0.323. The van der Waals surface area contributed by atoms with Crippen molar-refractivity contribution in [3.05, 3.63) is 20.1 Å². The Morgan fingerprint density at radius 3 is 1.67 bits per heavy atom. The van der Waals surface area contributed by atoms with Crippen LogP contribution in [0.4, 0.5) is 0 Å². The zero-order valence-electron chi connectivity index (χ0n) is 9.36. The largest absolute Gasteiger partial charge is 0.341 e. The molecule has 0 unspecified atom stereocenters. The van der Waals surface area contributed by atoms with Gasteiger partial charge in [0.1, 0.15) is 4.90 Å². The highest BCUT2D eigenvalue weighted by Crippen LogP contribution is 2.46. The van der Waals surface area contributed by atoms with E-state index in [9.17, 15) is 21.4 Å². The minimum atomic E-state index is -5.08. The molecule has 0 saturated heterocycles. The molecule has 0 spiro atoms. The van der Waals surface area contributed by atoms with Crippen molar-refractivity contribution in [2.45, 2.75) is 9.92 Å². The topological polar surface area (TPSA) is 125 Å². The van der Waals surface area contributed by atoms with Crippen LogP contribution in [0.15, 0.2) is 9.92 Å². The van der Waals surface area contributed by atoms with E-state index in [1.807, 2.05) is 0 Å². The average molecular weight is 415 g/mol. The molecule has 2 rings (SSSR count). The second kappa shape index (κ2) is 5.14. The summed E-state index contributed by atoms with van der Waals surface area (Å²) in [5, 5.41) is -3.11. The summed E-state index contributed by atoms with van der Waals surface area (Å²) in [6, 6.07) is 0. The zero-order valence-corrected chi connectivity index (χ0v) is 14.0. The van der Waals surface area contributed by atoms with Crippen molar-refractivity contribution in [1.82, 2.24) is 4.98 Å². The highest BCUT2D eigenvalue weighted by molar-refractivity contribution is 7.89. The van der Waals surface area contributed by atoms with Crippen molar-refractivity contribution >= 4 is 77.5 Å². The maximum Gasteiger partial charge on any atom is 0.311 e. The smallest absolute Gasteiger partial charge is 0.311 e. The Bertz CT molecular complexity index is 978. The highest BCUT2D eigenvalue weighted by Gasteiger charge is 2.33. The molecule has 0 bridgehead atoms. The molecule has 0 atom stereocenters. The van der Waals surface area contributed by atoms with E-state index in [0.717, 1.165) is 0 Å². The van der Waals surface area contributed by atoms with Crippen LogP contribution in [0, 0.1) is 0 Å². The number of benzene rings is 1. The van der Waals surface area contributed by atoms with Gasteiger partial charge in [0.15, 0.2) is 5.03 Å². The minimum Gasteiger partial charge on any atom is -0.341 e. The lowest BCUT2D eigenvalue weighted by Crippen LogP contribution is -2.07. The number of hydrogen-bond donors (Lipinski definition) is 3. The normalized spacial score (nSPS) is 13.0. The van der Waals surface area contributed by atoms with Gasteiger partial charge < -0.3 is 4.98 Å². The Labute approximate surface area is 138 Å². The molecule has 1 aromatic carbocycles. The molecular formula is C8H3Cl4NO6S2. The number of H-pyrrole nitrogens is 1. The van der Waals surface area contributed by atoms with Crippen LogP contribution in [0.2, 0.25) is 20.1 Å². The molecule has 1 aromatic heterocycles. The number of fused-ring (bicyclic) bond motifs is 1. The molecule has 1 heterocycles. The number of halogens is 4. The molecule has 7 nitrogen and oxygen atoms in total. The third kappa shape index (κ3) is 2.73. The van der Waals surface area contributed by atoms with Gasteiger partial charge in [-0.1, -0.05) is 46.4 Å². The summed E-state index contributed by atoms with van der Waals surface area (Å²) in [6.07, 6.45) is 0. The van der Waals surface area contributed by atoms with Gasteiger partial charge in [-0.3, -0.25) is 9.11 Å². The van der Waals surface area contributed by atoms with E-state index in [-0.39, 0.29) is 20.6 Å². The van der Waals surface area contributed by atoms with E-state index < -0.39 is 40.6 Å². The van der Waals surface area contributed by atoms with Crippen LogP contribution in [-0.4, -0.2) is 30.9 Å². The first kappa shape index (κ1) is 17.1. The van der Waals surface area contributed by atoms with Crippen LogP contribution >= 0.6 is 46.4 Å². The van der Waals surface area contributed by atoms with Gasteiger partial charge >= 0.3 is 10.1 Å². The summed E-state index contributed by atoms with van der Waals surface area (Å²) in [6.45, 7) is 0. The second-order valence-corrected chi connectivity index (χ2v) is 7.97. The first-order valence-corrected chi connectivity index (χ1v) is 9.09. The van der Waals surface area contributed by atoms with Crippen molar-refractivity contribution in [2.24, 2.45) is 0 Å². The van der Waals surface area contributed by atoms with E-state index >= 15 is 0 Å². The van der Waals surface area contributed by atoms with Gasteiger partial charge in [0.2, 0.25) is 0 Å². The number of aromatic amines is 1. The van der Waals surface area contributed by atoms with Gasteiger partial charge in [-0.15, -0.1) is 0 Å². The predicted octanol–water partition coefficient (Wildman–Crippen LogP) is 3.27.